The van der Waals surface area contributed by atoms with Crippen LogP contribution in [0.25, 0.3) is 0 Å². The number of rotatable bonds is 8. The Morgan fingerprint density at radius 1 is 1.21 bits per heavy atom. The second-order valence-corrected chi connectivity index (χ2v) is 6.52. The summed E-state index contributed by atoms with van der Waals surface area (Å²) in [6.07, 6.45) is 8.46. The molecule has 0 bridgehead atoms. The summed E-state index contributed by atoms with van der Waals surface area (Å²) in [6.45, 7) is 11.5. The van der Waals surface area contributed by atoms with Crippen LogP contribution in [0.3, 0.4) is 0 Å². The van der Waals surface area contributed by atoms with E-state index in [2.05, 4.69) is 32.6 Å². The largest absolute Gasteiger partial charge is 0.393 e. The lowest BCUT2D eigenvalue weighted by atomic mass is 9.78. The molecule has 19 heavy (non-hydrogen) atoms. The van der Waals surface area contributed by atoms with E-state index < -0.39 is 0 Å². The van der Waals surface area contributed by atoms with E-state index >= 15 is 0 Å². The zero-order valence-electron chi connectivity index (χ0n) is 13.6. The Balaban J connectivity index is 2.54. The summed E-state index contributed by atoms with van der Waals surface area (Å²) in [5.41, 5.74) is 0. The minimum absolute atomic E-state index is 0.0593. The normalized spacial score (nSPS) is 29.7. The predicted molar refractivity (Wildman–Crippen MR) is 83.4 cm³/mol. The van der Waals surface area contributed by atoms with Crippen LogP contribution in [0.15, 0.2) is 0 Å². The van der Waals surface area contributed by atoms with Gasteiger partial charge in [0, 0.05) is 12.6 Å². The summed E-state index contributed by atoms with van der Waals surface area (Å²) in [6, 6.07) is 0.653. The van der Waals surface area contributed by atoms with Gasteiger partial charge in [-0.3, -0.25) is 0 Å². The minimum atomic E-state index is -0.0593. The number of nitrogens with zero attached hydrogens (tertiary/aromatic N) is 1. The van der Waals surface area contributed by atoms with Crippen molar-refractivity contribution in [1.82, 2.24) is 4.90 Å². The minimum Gasteiger partial charge on any atom is -0.393 e. The quantitative estimate of drug-likeness (QED) is 0.718. The van der Waals surface area contributed by atoms with Crippen LogP contribution in [-0.2, 0) is 0 Å². The maximum atomic E-state index is 10.3. The lowest BCUT2D eigenvalue weighted by Gasteiger charge is -2.38. The summed E-state index contributed by atoms with van der Waals surface area (Å²) in [7, 11) is 0. The van der Waals surface area contributed by atoms with Gasteiger partial charge in [0.05, 0.1) is 6.10 Å². The summed E-state index contributed by atoms with van der Waals surface area (Å²) in [5, 5.41) is 10.3. The molecule has 1 rings (SSSR count). The van der Waals surface area contributed by atoms with Gasteiger partial charge in [0.2, 0.25) is 0 Å². The second kappa shape index (κ2) is 8.97. The van der Waals surface area contributed by atoms with Crippen molar-refractivity contribution in [2.45, 2.75) is 84.8 Å². The Bertz CT molecular complexity index is 227. The van der Waals surface area contributed by atoms with E-state index in [9.17, 15) is 5.11 Å². The van der Waals surface area contributed by atoms with Crippen molar-refractivity contribution >= 4 is 0 Å². The molecule has 4 unspecified atom stereocenters. The maximum Gasteiger partial charge on any atom is 0.0580 e. The molecule has 2 heteroatoms. The molecule has 0 aromatic heterocycles. The number of aliphatic hydroxyl groups excluding tert-OH is 1. The topological polar surface area (TPSA) is 23.5 Å². The van der Waals surface area contributed by atoms with Crippen molar-refractivity contribution < 1.29 is 5.11 Å². The molecule has 114 valence electrons. The van der Waals surface area contributed by atoms with Crippen LogP contribution in [-0.4, -0.2) is 35.2 Å². The third kappa shape index (κ3) is 5.43. The van der Waals surface area contributed by atoms with Gasteiger partial charge < -0.3 is 10.0 Å². The van der Waals surface area contributed by atoms with Crippen LogP contribution in [0.4, 0.5) is 0 Å². The van der Waals surface area contributed by atoms with Crippen LogP contribution in [0, 0.1) is 11.8 Å². The molecule has 0 radical (unpaired) electrons. The van der Waals surface area contributed by atoms with E-state index in [-0.39, 0.29) is 6.10 Å². The number of hydrogen-bond donors (Lipinski definition) is 1. The molecule has 0 aromatic carbocycles. The van der Waals surface area contributed by atoms with Crippen LogP contribution in [0.1, 0.15) is 72.6 Å². The van der Waals surface area contributed by atoms with Gasteiger partial charge in [0.25, 0.3) is 0 Å². The summed E-state index contributed by atoms with van der Waals surface area (Å²) in [5.74, 6) is 1.35. The van der Waals surface area contributed by atoms with E-state index in [1.165, 1.54) is 45.1 Å². The predicted octanol–water partition coefficient (Wildman–Crippen LogP) is 4.07. The van der Waals surface area contributed by atoms with Crippen molar-refractivity contribution in [3.05, 3.63) is 0 Å². The molecule has 0 heterocycles. The summed E-state index contributed by atoms with van der Waals surface area (Å²) < 4.78 is 0. The molecule has 0 amide bonds. The lowest BCUT2D eigenvalue weighted by molar-refractivity contribution is 0.0188. The van der Waals surface area contributed by atoms with Gasteiger partial charge in [-0.15, -0.1) is 0 Å². The van der Waals surface area contributed by atoms with Crippen LogP contribution in [0.2, 0.25) is 0 Å². The highest BCUT2D eigenvalue weighted by molar-refractivity contribution is 4.82. The number of aliphatic hydroxyl groups is 1. The van der Waals surface area contributed by atoms with Gasteiger partial charge in [0.15, 0.2) is 0 Å². The highest BCUT2D eigenvalue weighted by atomic mass is 16.3. The van der Waals surface area contributed by atoms with Crippen LogP contribution >= 0.6 is 0 Å². The third-order valence-corrected chi connectivity index (χ3v) is 5.11. The summed E-state index contributed by atoms with van der Waals surface area (Å²) in [4.78, 5) is 2.62. The molecular weight excluding hydrogens is 234 g/mol. The molecule has 1 aliphatic rings. The van der Waals surface area contributed by atoms with E-state index in [4.69, 9.17) is 0 Å². The molecule has 1 aliphatic carbocycles. The lowest BCUT2D eigenvalue weighted by Crippen LogP contribution is -2.43. The zero-order valence-corrected chi connectivity index (χ0v) is 13.6. The Labute approximate surface area is 120 Å². The summed E-state index contributed by atoms with van der Waals surface area (Å²) >= 11 is 0. The molecule has 1 fully saturated rings. The molecular formula is C17H35NO. The zero-order chi connectivity index (χ0) is 14.3. The fourth-order valence-electron chi connectivity index (χ4n) is 3.32. The molecule has 0 aromatic rings. The van der Waals surface area contributed by atoms with Gasteiger partial charge in [-0.25, -0.2) is 0 Å². The van der Waals surface area contributed by atoms with E-state index in [1.54, 1.807) is 0 Å². The van der Waals surface area contributed by atoms with Gasteiger partial charge in [-0.05, 0) is 57.4 Å². The van der Waals surface area contributed by atoms with E-state index in [0.717, 1.165) is 18.9 Å². The first kappa shape index (κ1) is 17.0. The Morgan fingerprint density at radius 3 is 2.53 bits per heavy atom. The average molecular weight is 269 g/mol. The molecule has 0 saturated heterocycles. The number of unbranched alkanes of at least 4 members (excludes halogenated alkanes) is 1. The maximum absolute atomic E-state index is 10.3. The van der Waals surface area contributed by atoms with Crippen molar-refractivity contribution in [3.63, 3.8) is 0 Å². The average Bonchev–Trinajstić information content (AvgIpc) is 2.44. The fourth-order valence-corrected chi connectivity index (χ4v) is 3.32. The monoisotopic (exact) mass is 269 g/mol. The van der Waals surface area contributed by atoms with E-state index in [0.29, 0.717) is 12.0 Å². The van der Waals surface area contributed by atoms with Crippen molar-refractivity contribution in [2.75, 3.05) is 13.1 Å². The third-order valence-electron chi connectivity index (χ3n) is 5.11. The van der Waals surface area contributed by atoms with Gasteiger partial charge in [-0.1, -0.05) is 33.6 Å². The molecule has 0 aliphatic heterocycles. The first-order valence-electron chi connectivity index (χ1n) is 8.54. The first-order valence-corrected chi connectivity index (χ1v) is 8.54. The van der Waals surface area contributed by atoms with Crippen molar-refractivity contribution in [2.24, 2.45) is 11.8 Å². The van der Waals surface area contributed by atoms with E-state index in [1.807, 2.05) is 0 Å². The Kier molecular flexibility index (Phi) is 8.01. The highest BCUT2D eigenvalue weighted by Gasteiger charge is 2.30. The first-order chi connectivity index (χ1) is 9.12. The fraction of sp³-hybridized carbons (Fsp3) is 1.00. The van der Waals surface area contributed by atoms with Gasteiger partial charge in [0.1, 0.15) is 0 Å². The Hall–Kier alpha value is -0.0800. The SMILES string of the molecule is CCCCN(CC1CC(CC)CCC1O)C(C)CC. The Morgan fingerprint density at radius 2 is 1.95 bits per heavy atom. The smallest absolute Gasteiger partial charge is 0.0580 e. The second-order valence-electron chi connectivity index (χ2n) is 6.52. The van der Waals surface area contributed by atoms with Gasteiger partial charge >= 0.3 is 0 Å². The molecule has 2 nitrogen and oxygen atoms in total. The molecule has 1 saturated carbocycles. The van der Waals surface area contributed by atoms with Crippen LogP contribution in [0.5, 0.6) is 0 Å². The van der Waals surface area contributed by atoms with Crippen LogP contribution < -0.4 is 0 Å². The van der Waals surface area contributed by atoms with Crippen molar-refractivity contribution in [3.8, 4) is 0 Å². The van der Waals surface area contributed by atoms with Gasteiger partial charge in [-0.2, -0.15) is 0 Å². The molecule has 4 atom stereocenters. The standard InChI is InChI=1S/C17H35NO/c1-5-8-11-18(14(4)6-2)13-16-12-15(7-3)9-10-17(16)19/h14-17,19H,5-13H2,1-4H3. The van der Waals surface area contributed by atoms with Crippen molar-refractivity contribution in [1.29, 1.82) is 0 Å². The highest BCUT2D eigenvalue weighted by Crippen LogP contribution is 2.32. The number of hydrogen-bond acceptors (Lipinski definition) is 2. The molecule has 1 N–H and O–H groups in total. The molecule has 0 spiro atoms.